The summed E-state index contributed by atoms with van der Waals surface area (Å²) in [4.78, 5) is 26.6. The van der Waals surface area contributed by atoms with Gasteiger partial charge in [-0.25, -0.2) is 0 Å². The van der Waals surface area contributed by atoms with Gasteiger partial charge in [0.1, 0.15) is 6.04 Å². The fourth-order valence-electron chi connectivity index (χ4n) is 2.89. The average Bonchev–Trinajstić information content (AvgIpc) is 2.58. The van der Waals surface area contributed by atoms with Gasteiger partial charge in [0.25, 0.3) is 0 Å². The Balaban J connectivity index is 1.84. The third-order valence-corrected chi connectivity index (χ3v) is 4.12. The fraction of sp³-hybridized carbons (Fsp3) is 0.263. The van der Waals surface area contributed by atoms with Crippen molar-refractivity contribution in [3.05, 3.63) is 65.7 Å². The quantitative estimate of drug-likeness (QED) is 0.906. The van der Waals surface area contributed by atoms with Crippen LogP contribution in [0.5, 0.6) is 0 Å². The molecule has 0 spiro atoms. The van der Waals surface area contributed by atoms with E-state index in [1.165, 1.54) is 0 Å². The fourth-order valence-corrected chi connectivity index (χ4v) is 2.89. The molecule has 2 aromatic rings. The highest BCUT2D eigenvalue weighted by Crippen LogP contribution is 2.23. The topological polar surface area (TPSA) is 61.4 Å². The summed E-state index contributed by atoms with van der Waals surface area (Å²) in [5, 5.41) is 5.77. The van der Waals surface area contributed by atoms with Crippen molar-refractivity contribution in [1.82, 2.24) is 10.2 Å². The Morgan fingerprint density at radius 1 is 1.12 bits per heavy atom. The molecule has 1 aliphatic heterocycles. The molecule has 1 heterocycles. The Labute approximate surface area is 141 Å². The van der Waals surface area contributed by atoms with E-state index in [0.29, 0.717) is 13.1 Å². The number of piperazine rings is 1. The maximum Gasteiger partial charge on any atom is 0.246 e. The van der Waals surface area contributed by atoms with Crippen LogP contribution in [0.4, 0.5) is 5.69 Å². The van der Waals surface area contributed by atoms with Crippen LogP contribution in [0.25, 0.3) is 0 Å². The van der Waals surface area contributed by atoms with E-state index in [9.17, 15) is 9.59 Å². The van der Waals surface area contributed by atoms with Gasteiger partial charge >= 0.3 is 0 Å². The normalized spacial score (nSPS) is 16.3. The molecule has 2 N–H and O–H groups in total. The first kappa shape index (κ1) is 16.2. The van der Waals surface area contributed by atoms with Gasteiger partial charge in [0.15, 0.2) is 0 Å². The van der Waals surface area contributed by atoms with Crippen LogP contribution in [0, 0.1) is 6.92 Å². The van der Waals surface area contributed by atoms with Gasteiger partial charge in [-0.1, -0.05) is 48.0 Å². The predicted octanol–water partition coefficient (Wildman–Crippen LogP) is 2.11. The zero-order chi connectivity index (χ0) is 16.9. The van der Waals surface area contributed by atoms with E-state index >= 15 is 0 Å². The number of nitrogens with zero attached hydrogens (tertiary/aromatic N) is 1. The maximum absolute atomic E-state index is 12.9. The van der Waals surface area contributed by atoms with E-state index in [1.54, 1.807) is 0 Å². The summed E-state index contributed by atoms with van der Waals surface area (Å²) >= 11 is 0. The Morgan fingerprint density at radius 3 is 2.50 bits per heavy atom. The highest BCUT2D eigenvalue weighted by Gasteiger charge is 2.31. The molecule has 1 aliphatic rings. The first-order valence-electron chi connectivity index (χ1n) is 8.07. The number of hydrogen-bond donors (Lipinski definition) is 2. The minimum absolute atomic E-state index is 0.0506. The van der Waals surface area contributed by atoms with Gasteiger partial charge in [0.05, 0.1) is 6.54 Å². The Kier molecular flexibility index (Phi) is 4.91. The molecule has 5 nitrogen and oxygen atoms in total. The number of nitrogens with one attached hydrogen (secondary N) is 2. The Morgan fingerprint density at radius 2 is 1.83 bits per heavy atom. The molecule has 0 bridgehead atoms. The second kappa shape index (κ2) is 7.27. The first-order valence-corrected chi connectivity index (χ1v) is 8.07. The second-order valence-electron chi connectivity index (χ2n) is 5.99. The smallest absolute Gasteiger partial charge is 0.246 e. The molecule has 1 saturated heterocycles. The summed E-state index contributed by atoms with van der Waals surface area (Å²) in [5.41, 5.74) is 2.78. The lowest BCUT2D eigenvalue weighted by Crippen LogP contribution is -2.51. The number of rotatable bonds is 4. The highest BCUT2D eigenvalue weighted by atomic mass is 16.2. The Bertz CT molecular complexity index is 713. The van der Waals surface area contributed by atoms with Gasteiger partial charge in [-0.05, 0) is 24.6 Å². The third kappa shape index (κ3) is 3.81. The molecule has 2 amide bonds. The van der Waals surface area contributed by atoms with Gasteiger partial charge in [-0.3, -0.25) is 14.5 Å². The number of carbonyl (C=O) groups excluding carboxylic acids is 2. The van der Waals surface area contributed by atoms with Crippen molar-refractivity contribution in [3.8, 4) is 0 Å². The monoisotopic (exact) mass is 323 g/mol. The summed E-state index contributed by atoms with van der Waals surface area (Å²) in [5.74, 6) is -0.176. The van der Waals surface area contributed by atoms with Crippen molar-refractivity contribution in [2.24, 2.45) is 0 Å². The first-order chi connectivity index (χ1) is 11.6. The van der Waals surface area contributed by atoms with Crippen LogP contribution in [0.1, 0.15) is 17.2 Å². The van der Waals surface area contributed by atoms with Gasteiger partial charge in [0.2, 0.25) is 11.8 Å². The van der Waals surface area contributed by atoms with Crippen LogP contribution >= 0.6 is 0 Å². The van der Waals surface area contributed by atoms with E-state index in [-0.39, 0.29) is 18.4 Å². The largest absolute Gasteiger partial charge is 0.354 e. The Hall–Kier alpha value is -2.66. The minimum Gasteiger partial charge on any atom is -0.354 e. The zero-order valence-corrected chi connectivity index (χ0v) is 13.7. The molecular formula is C19H21N3O2. The van der Waals surface area contributed by atoms with Crippen molar-refractivity contribution in [3.63, 3.8) is 0 Å². The van der Waals surface area contributed by atoms with E-state index in [2.05, 4.69) is 10.6 Å². The van der Waals surface area contributed by atoms with E-state index in [1.807, 2.05) is 66.4 Å². The molecular weight excluding hydrogens is 302 g/mol. The lowest BCUT2D eigenvalue weighted by Gasteiger charge is -2.33. The summed E-state index contributed by atoms with van der Waals surface area (Å²) in [6.07, 6.45) is 0. The van der Waals surface area contributed by atoms with Crippen LogP contribution in [-0.4, -0.2) is 36.3 Å². The molecule has 0 aliphatic carbocycles. The standard InChI is InChI=1S/C19H21N3O2/c1-14-7-9-16(10-8-14)21-19(24)18(15-5-3-2-4-6-15)22-12-11-20-17(23)13-22/h2-10,18H,11-13H2,1H3,(H,20,23)(H,21,24)/t18-/m0/s1. The maximum atomic E-state index is 12.9. The molecule has 0 radical (unpaired) electrons. The molecule has 0 unspecified atom stereocenters. The lowest BCUT2D eigenvalue weighted by molar-refractivity contribution is -0.128. The predicted molar refractivity (Wildman–Crippen MR) is 93.6 cm³/mol. The van der Waals surface area contributed by atoms with Crippen molar-refractivity contribution >= 4 is 17.5 Å². The van der Waals surface area contributed by atoms with Gasteiger partial charge in [-0.15, -0.1) is 0 Å². The van der Waals surface area contributed by atoms with Crippen molar-refractivity contribution in [2.45, 2.75) is 13.0 Å². The summed E-state index contributed by atoms with van der Waals surface area (Å²) in [6, 6.07) is 16.8. The number of hydrogen-bond acceptors (Lipinski definition) is 3. The lowest BCUT2D eigenvalue weighted by atomic mass is 10.0. The van der Waals surface area contributed by atoms with Gasteiger partial charge < -0.3 is 10.6 Å². The minimum atomic E-state index is -0.487. The number of aryl methyl sites for hydroxylation is 1. The molecule has 1 atom stereocenters. The van der Waals surface area contributed by atoms with Crippen LogP contribution in [0.2, 0.25) is 0 Å². The molecule has 5 heteroatoms. The number of carbonyl (C=O) groups is 2. The molecule has 24 heavy (non-hydrogen) atoms. The van der Waals surface area contributed by atoms with Crippen molar-refractivity contribution in [1.29, 1.82) is 0 Å². The van der Waals surface area contributed by atoms with Crippen LogP contribution < -0.4 is 10.6 Å². The molecule has 2 aromatic carbocycles. The number of anilines is 1. The van der Waals surface area contributed by atoms with Gasteiger partial charge in [0, 0.05) is 18.8 Å². The van der Waals surface area contributed by atoms with E-state index < -0.39 is 6.04 Å². The molecule has 3 rings (SSSR count). The van der Waals surface area contributed by atoms with E-state index in [0.717, 1.165) is 16.8 Å². The van der Waals surface area contributed by atoms with Crippen LogP contribution in [0.15, 0.2) is 54.6 Å². The van der Waals surface area contributed by atoms with Crippen LogP contribution in [0.3, 0.4) is 0 Å². The zero-order valence-electron chi connectivity index (χ0n) is 13.7. The average molecular weight is 323 g/mol. The van der Waals surface area contributed by atoms with E-state index in [4.69, 9.17) is 0 Å². The third-order valence-electron chi connectivity index (χ3n) is 4.12. The number of amides is 2. The summed E-state index contributed by atoms with van der Waals surface area (Å²) < 4.78 is 0. The molecule has 124 valence electrons. The van der Waals surface area contributed by atoms with Crippen molar-refractivity contribution in [2.75, 3.05) is 25.0 Å². The number of benzene rings is 2. The molecule has 1 fully saturated rings. The van der Waals surface area contributed by atoms with Crippen molar-refractivity contribution < 1.29 is 9.59 Å². The summed E-state index contributed by atoms with van der Waals surface area (Å²) in [7, 11) is 0. The SMILES string of the molecule is Cc1ccc(NC(=O)[C@H](c2ccccc2)N2CCNC(=O)C2)cc1. The molecule has 0 saturated carbocycles. The second-order valence-corrected chi connectivity index (χ2v) is 5.99. The summed E-state index contributed by atoms with van der Waals surface area (Å²) in [6.45, 7) is 3.43. The van der Waals surface area contributed by atoms with Gasteiger partial charge in [-0.2, -0.15) is 0 Å². The molecule has 0 aromatic heterocycles. The van der Waals surface area contributed by atoms with Crippen LogP contribution in [-0.2, 0) is 9.59 Å². The highest BCUT2D eigenvalue weighted by molar-refractivity contribution is 5.96.